The van der Waals surface area contributed by atoms with Gasteiger partial charge in [-0.2, -0.15) is 0 Å². The summed E-state index contributed by atoms with van der Waals surface area (Å²) in [7, 11) is 0. The summed E-state index contributed by atoms with van der Waals surface area (Å²) in [4.78, 5) is 4.32. The first-order valence-corrected chi connectivity index (χ1v) is 6.98. The first-order valence-electron chi connectivity index (χ1n) is 6.10. The zero-order chi connectivity index (χ0) is 11.5. The lowest BCUT2D eigenvalue weighted by Gasteiger charge is -2.18. The predicted molar refractivity (Wildman–Crippen MR) is 70.9 cm³/mol. The maximum Gasteiger partial charge on any atom is 0.106 e. The van der Waals surface area contributed by atoms with E-state index in [1.807, 2.05) is 11.6 Å². The Morgan fingerprint density at radius 3 is 2.76 bits per heavy atom. The van der Waals surface area contributed by atoms with Crippen molar-refractivity contribution in [2.75, 3.05) is 0 Å². The van der Waals surface area contributed by atoms with Gasteiger partial charge in [0.25, 0.3) is 0 Å². The van der Waals surface area contributed by atoms with Crippen LogP contribution in [-0.2, 0) is 6.54 Å². The van der Waals surface area contributed by atoms with Crippen molar-refractivity contribution < 1.29 is 0 Å². The maximum atomic E-state index is 4.32. The van der Waals surface area contributed by atoms with Crippen molar-refractivity contribution in [2.45, 2.75) is 25.4 Å². The van der Waals surface area contributed by atoms with Crippen LogP contribution in [0.4, 0.5) is 0 Å². The Labute approximate surface area is 106 Å². The minimum Gasteiger partial charge on any atom is -0.303 e. The van der Waals surface area contributed by atoms with Crippen LogP contribution in [0.15, 0.2) is 41.9 Å². The van der Waals surface area contributed by atoms with Gasteiger partial charge in [-0.3, -0.25) is 0 Å². The number of benzene rings is 1. The topological polar surface area (TPSA) is 24.9 Å². The van der Waals surface area contributed by atoms with E-state index in [-0.39, 0.29) is 0 Å². The van der Waals surface area contributed by atoms with E-state index in [0.29, 0.717) is 6.04 Å². The molecule has 1 heterocycles. The quantitative estimate of drug-likeness (QED) is 0.872. The van der Waals surface area contributed by atoms with Gasteiger partial charge >= 0.3 is 0 Å². The number of rotatable bonds is 5. The average molecular weight is 244 g/mol. The molecular formula is C14H16N2S. The van der Waals surface area contributed by atoms with Crippen LogP contribution >= 0.6 is 11.3 Å². The van der Waals surface area contributed by atoms with Crippen LogP contribution in [-0.4, -0.2) is 4.98 Å². The highest BCUT2D eigenvalue weighted by atomic mass is 32.1. The number of hydrogen-bond acceptors (Lipinski definition) is 3. The highest BCUT2D eigenvalue weighted by Gasteiger charge is 2.31. The van der Waals surface area contributed by atoms with E-state index >= 15 is 0 Å². The Hall–Kier alpha value is -1.19. The number of nitrogens with zero attached hydrogens (tertiary/aromatic N) is 1. The third-order valence-electron chi connectivity index (χ3n) is 3.21. The molecule has 0 radical (unpaired) electrons. The molecule has 0 spiro atoms. The highest BCUT2D eigenvalue weighted by Crippen LogP contribution is 2.41. The molecule has 17 heavy (non-hydrogen) atoms. The van der Waals surface area contributed by atoms with Crippen molar-refractivity contribution in [3.05, 3.63) is 52.5 Å². The molecule has 1 N–H and O–H groups in total. The molecule has 1 aromatic heterocycles. The van der Waals surface area contributed by atoms with Gasteiger partial charge in [0, 0.05) is 24.2 Å². The summed E-state index contributed by atoms with van der Waals surface area (Å²) in [5.74, 6) is 0.817. The molecular weight excluding hydrogens is 228 g/mol. The molecule has 1 saturated carbocycles. The number of thiazole rings is 1. The molecule has 1 fully saturated rings. The van der Waals surface area contributed by atoms with Crippen LogP contribution in [0.2, 0.25) is 0 Å². The third-order valence-corrected chi connectivity index (χ3v) is 3.99. The van der Waals surface area contributed by atoms with Crippen LogP contribution in [0.1, 0.15) is 29.5 Å². The molecule has 0 saturated heterocycles. The fourth-order valence-corrected chi connectivity index (χ4v) is 2.75. The van der Waals surface area contributed by atoms with Crippen molar-refractivity contribution in [3.8, 4) is 0 Å². The van der Waals surface area contributed by atoms with E-state index in [0.717, 1.165) is 12.5 Å². The molecule has 3 rings (SSSR count). The second-order valence-electron chi connectivity index (χ2n) is 4.53. The molecule has 2 aromatic rings. The molecule has 3 heteroatoms. The van der Waals surface area contributed by atoms with Crippen molar-refractivity contribution in [1.29, 1.82) is 0 Å². The highest BCUT2D eigenvalue weighted by molar-refractivity contribution is 7.09. The van der Waals surface area contributed by atoms with Gasteiger partial charge in [0.05, 0.1) is 0 Å². The molecule has 1 aromatic carbocycles. The molecule has 88 valence electrons. The number of aromatic nitrogens is 1. The van der Waals surface area contributed by atoms with Crippen LogP contribution in [0.5, 0.6) is 0 Å². The molecule has 0 aliphatic heterocycles. The minimum absolute atomic E-state index is 0.500. The smallest absolute Gasteiger partial charge is 0.106 e. The fraction of sp³-hybridized carbons (Fsp3) is 0.357. The molecule has 0 bridgehead atoms. The summed E-state index contributed by atoms with van der Waals surface area (Å²) in [6.45, 7) is 0.883. The summed E-state index contributed by atoms with van der Waals surface area (Å²) in [6, 6.07) is 11.3. The Balaban J connectivity index is 1.68. The van der Waals surface area contributed by atoms with Crippen molar-refractivity contribution in [3.63, 3.8) is 0 Å². The maximum absolute atomic E-state index is 4.32. The van der Waals surface area contributed by atoms with Gasteiger partial charge in [-0.15, -0.1) is 11.3 Å². The van der Waals surface area contributed by atoms with Crippen molar-refractivity contribution in [2.24, 2.45) is 5.92 Å². The fourth-order valence-electron chi connectivity index (χ4n) is 2.18. The molecule has 1 aliphatic carbocycles. The zero-order valence-electron chi connectivity index (χ0n) is 9.67. The Kier molecular flexibility index (Phi) is 3.20. The zero-order valence-corrected chi connectivity index (χ0v) is 10.5. The van der Waals surface area contributed by atoms with E-state index in [1.165, 1.54) is 23.4 Å². The predicted octanol–water partition coefficient (Wildman–Crippen LogP) is 3.38. The Morgan fingerprint density at radius 2 is 2.12 bits per heavy atom. The number of hydrogen-bond donors (Lipinski definition) is 1. The van der Waals surface area contributed by atoms with Crippen LogP contribution in [0, 0.1) is 5.92 Å². The minimum atomic E-state index is 0.500. The molecule has 1 atom stereocenters. The van der Waals surface area contributed by atoms with E-state index in [4.69, 9.17) is 0 Å². The van der Waals surface area contributed by atoms with Gasteiger partial charge < -0.3 is 5.32 Å². The molecule has 1 unspecified atom stereocenters. The molecule has 0 amide bonds. The summed E-state index contributed by atoms with van der Waals surface area (Å²) >= 11 is 1.72. The van der Waals surface area contributed by atoms with E-state index in [9.17, 15) is 0 Å². The normalized spacial score (nSPS) is 16.9. The first-order chi connectivity index (χ1) is 8.43. The molecule has 1 aliphatic rings. The largest absolute Gasteiger partial charge is 0.303 e. The lowest BCUT2D eigenvalue weighted by atomic mass is 10.0. The standard InChI is InChI=1S/C14H16N2S/c1-2-4-11(5-3-1)14(12-6-7-12)16-10-13-15-8-9-17-13/h1-5,8-9,12,14,16H,6-7,10H2. The average Bonchev–Trinajstić information content (AvgIpc) is 3.07. The summed E-state index contributed by atoms with van der Waals surface area (Å²) in [5, 5.41) is 6.85. The van der Waals surface area contributed by atoms with Crippen LogP contribution in [0.3, 0.4) is 0 Å². The van der Waals surface area contributed by atoms with Crippen LogP contribution in [0.25, 0.3) is 0 Å². The number of nitrogens with one attached hydrogen (secondary N) is 1. The third kappa shape index (κ3) is 2.73. The van der Waals surface area contributed by atoms with Crippen LogP contribution < -0.4 is 5.32 Å². The SMILES string of the molecule is c1ccc(C(NCc2nccs2)C2CC2)cc1. The van der Waals surface area contributed by atoms with Gasteiger partial charge in [0.2, 0.25) is 0 Å². The van der Waals surface area contributed by atoms with Gasteiger partial charge in [-0.1, -0.05) is 30.3 Å². The molecule has 2 nitrogen and oxygen atoms in total. The van der Waals surface area contributed by atoms with E-state index in [1.54, 1.807) is 11.3 Å². The summed E-state index contributed by atoms with van der Waals surface area (Å²) in [6.07, 6.45) is 4.57. The monoisotopic (exact) mass is 244 g/mol. The first kappa shape index (κ1) is 10.9. The van der Waals surface area contributed by atoms with Gasteiger partial charge in [0.15, 0.2) is 0 Å². The van der Waals surface area contributed by atoms with Gasteiger partial charge in [-0.25, -0.2) is 4.98 Å². The summed E-state index contributed by atoms with van der Waals surface area (Å²) < 4.78 is 0. The van der Waals surface area contributed by atoms with Crippen molar-refractivity contribution in [1.82, 2.24) is 10.3 Å². The van der Waals surface area contributed by atoms with Crippen molar-refractivity contribution >= 4 is 11.3 Å². The Morgan fingerprint density at radius 1 is 1.29 bits per heavy atom. The second kappa shape index (κ2) is 4.98. The van der Waals surface area contributed by atoms with Gasteiger partial charge in [0.1, 0.15) is 5.01 Å². The van der Waals surface area contributed by atoms with E-state index in [2.05, 4.69) is 40.6 Å². The lowest BCUT2D eigenvalue weighted by molar-refractivity contribution is 0.479. The second-order valence-corrected chi connectivity index (χ2v) is 5.51. The lowest BCUT2D eigenvalue weighted by Crippen LogP contribution is -2.22. The Bertz CT molecular complexity index is 448. The van der Waals surface area contributed by atoms with E-state index < -0.39 is 0 Å². The van der Waals surface area contributed by atoms with Gasteiger partial charge in [-0.05, 0) is 24.3 Å². The summed E-state index contributed by atoms with van der Waals surface area (Å²) in [5.41, 5.74) is 1.41.